The Morgan fingerprint density at radius 2 is 2.05 bits per heavy atom. The Morgan fingerprint density at radius 1 is 1.32 bits per heavy atom. The van der Waals surface area contributed by atoms with E-state index >= 15 is 0 Å². The Kier molecular flexibility index (Phi) is 4.40. The van der Waals surface area contributed by atoms with E-state index < -0.39 is 0 Å². The monoisotopic (exact) mass is 263 g/mol. The summed E-state index contributed by atoms with van der Waals surface area (Å²) in [5, 5.41) is 8.91. The molecular formula is C15H25N3O. The number of nitrogens with zero attached hydrogens (tertiary/aromatic N) is 3. The number of unbranched alkanes of at least 4 members (excludes halogenated alkanes) is 1. The molecule has 0 amide bonds. The molecule has 1 N–H and O–H groups in total. The van der Waals surface area contributed by atoms with Crippen LogP contribution in [0.4, 0.5) is 5.82 Å². The minimum absolute atomic E-state index is 0.0175. The molecule has 0 radical (unpaired) electrons. The molecule has 4 nitrogen and oxygen atoms in total. The second-order valence-corrected chi connectivity index (χ2v) is 6.34. The zero-order valence-corrected chi connectivity index (χ0v) is 12.3. The molecule has 4 heteroatoms. The number of hydrogen-bond donors (Lipinski definition) is 1. The molecule has 1 aromatic heterocycles. The Balaban J connectivity index is 2.12. The summed E-state index contributed by atoms with van der Waals surface area (Å²) in [6, 6.07) is 2.65. The number of aliphatic hydroxyl groups is 1. The van der Waals surface area contributed by atoms with Crippen molar-refractivity contribution in [1.29, 1.82) is 0 Å². The zero-order valence-electron chi connectivity index (χ0n) is 12.3. The van der Waals surface area contributed by atoms with Crippen LogP contribution in [-0.2, 0) is 5.41 Å². The van der Waals surface area contributed by atoms with E-state index in [0.717, 1.165) is 31.0 Å². The van der Waals surface area contributed by atoms with Crippen molar-refractivity contribution in [2.24, 2.45) is 0 Å². The van der Waals surface area contributed by atoms with Crippen molar-refractivity contribution in [2.45, 2.75) is 57.9 Å². The lowest BCUT2D eigenvalue weighted by atomic mass is 9.96. The third kappa shape index (κ3) is 3.90. The van der Waals surface area contributed by atoms with Gasteiger partial charge in [0.2, 0.25) is 0 Å². The lowest BCUT2D eigenvalue weighted by molar-refractivity contribution is 0.285. The summed E-state index contributed by atoms with van der Waals surface area (Å²) >= 11 is 0. The molecule has 0 aromatic carbocycles. The summed E-state index contributed by atoms with van der Waals surface area (Å²) in [4.78, 5) is 11.5. The summed E-state index contributed by atoms with van der Waals surface area (Å²) in [5.74, 6) is 1.94. The summed E-state index contributed by atoms with van der Waals surface area (Å²) in [6.45, 7) is 7.67. The average Bonchev–Trinajstić information content (AvgIpc) is 3.18. The van der Waals surface area contributed by atoms with Gasteiger partial charge in [-0.2, -0.15) is 0 Å². The first-order valence-corrected chi connectivity index (χ1v) is 7.23. The molecule has 0 bridgehead atoms. The molecule has 1 aliphatic carbocycles. The molecule has 1 heterocycles. The van der Waals surface area contributed by atoms with Crippen molar-refractivity contribution in [3.63, 3.8) is 0 Å². The molecule has 1 aromatic rings. The highest BCUT2D eigenvalue weighted by molar-refractivity contribution is 5.41. The number of rotatable bonds is 6. The van der Waals surface area contributed by atoms with Crippen molar-refractivity contribution in [3.8, 4) is 0 Å². The molecule has 0 aliphatic heterocycles. The molecule has 19 heavy (non-hydrogen) atoms. The van der Waals surface area contributed by atoms with Crippen LogP contribution in [0.1, 0.15) is 52.3 Å². The standard InChI is InChI=1S/C15H25N3O/c1-15(2,3)14-16-9-8-13(17-14)18(12-6-7-12)10-4-5-11-19/h8-9,12,19H,4-7,10-11H2,1-3H3. The van der Waals surface area contributed by atoms with Crippen LogP contribution in [0.15, 0.2) is 12.3 Å². The third-order valence-corrected chi connectivity index (χ3v) is 3.40. The molecular weight excluding hydrogens is 238 g/mol. The van der Waals surface area contributed by atoms with E-state index in [9.17, 15) is 0 Å². The third-order valence-electron chi connectivity index (χ3n) is 3.40. The molecule has 0 unspecified atom stereocenters. The largest absolute Gasteiger partial charge is 0.396 e. The molecule has 1 fully saturated rings. The molecule has 0 atom stereocenters. The summed E-state index contributed by atoms with van der Waals surface area (Å²) in [6.07, 6.45) is 6.26. The number of hydrogen-bond acceptors (Lipinski definition) is 4. The maximum atomic E-state index is 8.91. The van der Waals surface area contributed by atoms with Gasteiger partial charge in [-0.3, -0.25) is 0 Å². The van der Waals surface area contributed by atoms with E-state index in [1.807, 2.05) is 12.3 Å². The smallest absolute Gasteiger partial charge is 0.135 e. The van der Waals surface area contributed by atoms with Gasteiger partial charge in [-0.1, -0.05) is 20.8 Å². The fourth-order valence-electron chi connectivity index (χ4n) is 2.13. The van der Waals surface area contributed by atoms with Gasteiger partial charge in [0.1, 0.15) is 11.6 Å². The first-order valence-electron chi connectivity index (χ1n) is 7.23. The van der Waals surface area contributed by atoms with Crippen LogP contribution in [0, 0.1) is 0 Å². The van der Waals surface area contributed by atoms with Gasteiger partial charge in [-0.15, -0.1) is 0 Å². The van der Waals surface area contributed by atoms with E-state index in [1.54, 1.807) is 0 Å². The predicted octanol–water partition coefficient (Wildman–Crippen LogP) is 2.52. The molecule has 106 valence electrons. The SMILES string of the molecule is CC(C)(C)c1nccc(N(CCCCO)C2CC2)n1. The number of anilines is 1. The van der Waals surface area contributed by atoms with Gasteiger partial charge < -0.3 is 10.0 Å². The predicted molar refractivity (Wildman–Crippen MR) is 77.4 cm³/mol. The maximum Gasteiger partial charge on any atom is 0.135 e. The van der Waals surface area contributed by atoms with Crippen molar-refractivity contribution in [1.82, 2.24) is 9.97 Å². The van der Waals surface area contributed by atoms with Gasteiger partial charge in [0.25, 0.3) is 0 Å². The van der Waals surface area contributed by atoms with Gasteiger partial charge in [-0.25, -0.2) is 9.97 Å². The maximum absolute atomic E-state index is 8.91. The molecule has 2 rings (SSSR count). The highest BCUT2D eigenvalue weighted by Crippen LogP contribution is 2.31. The Hall–Kier alpha value is -1.16. The van der Waals surface area contributed by atoms with E-state index in [-0.39, 0.29) is 12.0 Å². The van der Waals surface area contributed by atoms with Crippen molar-refractivity contribution >= 4 is 5.82 Å². The fourth-order valence-corrected chi connectivity index (χ4v) is 2.13. The molecule has 1 aliphatic rings. The summed E-state index contributed by atoms with van der Waals surface area (Å²) in [7, 11) is 0. The molecule has 0 saturated heterocycles. The Labute approximate surface area is 115 Å². The number of aliphatic hydroxyl groups excluding tert-OH is 1. The first-order chi connectivity index (χ1) is 9.02. The second kappa shape index (κ2) is 5.87. The molecule has 1 saturated carbocycles. The van der Waals surface area contributed by atoms with Gasteiger partial charge in [0.05, 0.1) is 0 Å². The molecule has 0 spiro atoms. The van der Waals surface area contributed by atoms with Crippen molar-refractivity contribution in [3.05, 3.63) is 18.1 Å². The summed E-state index contributed by atoms with van der Waals surface area (Å²) < 4.78 is 0. The lowest BCUT2D eigenvalue weighted by Gasteiger charge is -2.25. The van der Waals surface area contributed by atoms with Crippen LogP contribution in [0.25, 0.3) is 0 Å². The van der Waals surface area contributed by atoms with Gasteiger partial charge in [0, 0.05) is 30.8 Å². The van der Waals surface area contributed by atoms with Crippen LogP contribution in [0.2, 0.25) is 0 Å². The highest BCUT2D eigenvalue weighted by Gasteiger charge is 2.30. The summed E-state index contributed by atoms with van der Waals surface area (Å²) in [5.41, 5.74) is -0.0175. The second-order valence-electron chi connectivity index (χ2n) is 6.34. The topological polar surface area (TPSA) is 49.2 Å². The minimum Gasteiger partial charge on any atom is -0.396 e. The van der Waals surface area contributed by atoms with E-state index in [0.29, 0.717) is 6.04 Å². The van der Waals surface area contributed by atoms with E-state index in [4.69, 9.17) is 10.1 Å². The van der Waals surface area contributed by atoms with Crippen LogP contribution in [0.3, 0.4) is 0 Å². The Morgan fingerprint density at radius 3 is 2.63 bits per heavy atom. The van der Waals surface area contributed by atoms with Crippen LogP contribution in [0.5, 0.6) is 0 Å². The minimum atomic E-state index is -0.0175. The van der Waals surface area contributed by atoms with Gasteiger partial charge in [0.15, 0.2) is 0 Å². The van der Waals surface area contributed by atoms with Gasteiger partial charge in [-0.05, 0) is 31.7 Å². The first kappa shape index (κ1) is 14.3. The van der Waals surface area contributed by atoms with Crippen molar-refractivity contribution in [2.75, 3.05) is 18.1 Å². The van der Waals surface area contributed by atoms with E-state index in [1.165, 1.54) is 12.8 Å². The lowest BCUT2D eigenvalue weighted by Crippen LogP contribution is -2.29. The fraction of sp³-hybridized carbons (Fsp3) is 0.733. The zero-order chi connectivity index (χ0) is 13.9. The van der Waals surface area contributed by atoms with E-state index in [2.05, 4.69) is 30.7 Å². The average molecular weight is 263 g/mol. The number of aromatic nitrogens is 2. The van der Waals surface area contributed by atoms with Crippen LogP contribution in [-0.4, -0.2) is 34.3 Å². The van der Waals surface area contributed by atoms with Gasteiger partial charge >= 0.3 is 0 Å². The quantitative estimate of drug-likeness (QED) is 0.801. The Bertz CT molecular complexity index is 410. The normalized spacial score (nSPS) is 15.6. The highest BCUT2D eigenvalue weighted by atomic mass is 16.2. The van der Waals surface area contributed by atoms with Crippen LogP contribution >= 0.6 is 0 Å². The van der Waals surface area contributed by atoms with Crippen LogP contribution < -0.4 is 4.90 Å². The van der Waals surface area contributed by atoms with Crippen molar-refractivity contribution < 1.29 is 5.11 Å².